The molecule has 2 atom stereocenters. The molecule has 1 aromatic carbocycles. The van der Waals surface area contributed by atoms with Crippen molar-refractivity contribution in [2.24, 2.45) is 5.73 Å². The molecule has 18 heavy (non-hydrogen) atoms. The van der Waals surface area contributed by atoms with Crippen molar-refractivity contribution in [3.63, 3.8) is 0 Å². The van der Waals surface area contributed by atoms with Gasteiger partial charge >= 0.3 is 0 Å². The zero-order chi connectivity index (χ0) is 13.1. The highest BCUT2D eigenvalue weighted by molar-refractivity contribution is 6.30. The maximum atomic E-state index is 13.0. The van der Waals surface area contributed by atoms with Crippen molar-refractivity contribution in [1.82, 2.24) is 9.78 Å². The lowest BCUT2D eigenvalue weighted by Crippen LogP contribution is -2.32. The van der Waals surface area contributed by atoms with Gasteiger partial charge in [-0.3, -0.25) is 4.68 Å². The molecule has 0 aliphatic rings. The van der Waals surface area contributed by atoms with E-state index in [4.69, 9.17) is 17.3 Å². The number of aromatic nitrogens is 2. The highest BCUT2D eigenvalue weighted by Gasteiger charge is 2.21. The minimum atomic E-state index is -0.263. The average Bonchev–Trinajstić information content (AvgIpc) is 2.78. The van der Waals surface area contributed by atoms with Gasteiger partial charge in [0.1, 0.15) is 5.82 Å². The van der Waals surface area contributed by atoms with Crippen LogP contribution in [-0.4, -0.2) is 15.8 Å². The zero-order valence-electron chi connectivity index (χ0n) is 10.1. The molecule has 0 fully saturated rings. The molecule has 5 heteroatoms. The van der Waals surface area contributed by atoms with Gasteiger partial charge in [0, 0.05) is 12.2 Å². The second-order valence-electron chi connectivity index (χ2n) is 4.21. The first-order valence-electron chi connectivity index (χ1n) is 5.82. The monoisotopic (exact) mass is 267 g/mol. The smallest absolute Gasteiger partial charge is 0.123 e. The number of hydrogen-bond donors (Lipinski definition) is 1. The van der Waals surface area contributed by atoms with E-state index in [0.29, 0.717) is 5.02 Å². The summed E-state index contributed by atoms with van der Waals surface area (Å²) in [5, 5.41) is 4.76. The standard InChI is InChI=1S/C13H15ClFN3/c1-2-12(16)13(18-8-10(14)7-17-18)9-3-5-11(15)6-4-9/h3-8,12-13H,2,16H2,1H3. The van der Waals surface area contributed by atoms with Crippen LogP contribution < -0.4 is 5.73 Å². The third kappa shape index (κ3) is 2.71. The number of halogens is 2. The molecule has 3 nitrogen and oxygen atoms in total. The Labute approximate surface area is 110 Å². The van der Waals surface area contributed by atoms with Crippen LogP contribution >= 0.6 is 11.6 Å². The van der Waals surface area contributed by atoms with Crippen molar-refractivity contribution in [1.29, 1.82) is 0 Å². The Kier molecular flexibility index (Phi) is 3.99. The fourth-order valence-electron chi connectivity index (χ4n) is 1.95. The maximum absolute atomic E-state index is 13.0. The summed E-state index contributed by atoms with van der Waals surface area (Å²) in [6, 6.07) is 6.07. The average molecular weight is 268 g/mol. The van der Waals surface area contributed by atoms with Crippen LogP contribution in [0.2, 0.25) is 5.02 Å². The SMILES string of the molecule is CCC(N)C(c1ccc(F)cc1)n1cc(Cl)cn1. The van der Waals surface area contributed by atoms with E-state index in [9.17, 15) is 4.39 Å². The number of nitrogens with two attached hydrogens (primary N) is 1. The molecule has 0 bridgehead atoms. The first-order valence-corrected chi connectivity index (χ1v) is 6.20. The van der Waals surface area contributed by atoms with E-state index < -0.39 is 0 Å². The highest BCUT2D eigenvalue weighted by Crippen LogP contribution is 2.23. The number of nitrogens with zero attached hydrogens (tertiary/aromatic N) is 2. The summed E-state index contributed by atoms with van der Waals surface area (Å²) in [6.45, 7) is 2.01. The van der Waals surface area contributed by atoms with Crippen LogP contribution in [0.3, 0.4) is 0 Å². The zero-order valence-corrected chi connectivity index (χ0v) is 10.8. The predicted molar refractivity (Wildman–Crippen MR) is 70.0 cm³/mol. The molecule has 0 aliphatic carbocycles. The van der Waals surface area contributed by atoms with Crippen molar-refractivity contribution < 1.29 is 4.39 Å². The molecule has 2 unspecified atom stereocenters. The van der Waals surface area contributed by atoms with Gasteiger partial charge in [0.2, 0.25) is 0 Å². The fourth-order valence-corrected chi connectivity index (χ4v) is 2.09. The van der Waals surface area contributed by atoms with E-state index in [1.807, 2.05) is 6.92 Å². The highest BCUT2D eigenvalue weighted by atomic mass is 35.5. The van der Waals surface area contributed by atoms with Gasteiger partial charge < -0.3 is 5.73 Å². The molecule has 2 rings (SSSR count). The van der Waals surface area contributed by atoms with E-state index in [-0.39, 0.29) is 17.9 Å². The summed E-state index contributed by atoms with van der Waals surface area (Å²) in [4.78, 5) is 0. The van der Waals surface area contributed by atoms with Crippen molar-refractivity contribution in [2.45, 2.75) is 25.4 Å². The summed E-state index contributed by atoms with van der Waals surface area (Å²) in [6.07, 6.45) is 4.09. The van der Waals surface area contributed by atoms with Crippen LogP contribution in [0.5, 0.6) is 0 Å². The van der Waals surface area contributed by atoms with Crippen LogP contribution in [0.15, 0.2) is 36.7 Å². The van der Waals surface area contributed by atoms with Gasteiger partial charge in [0.05, 0.1) is 17.3 Å². The van der Waals surface area contributed by atoms with Crippen molar-refractivity contribution in [3.05, 3.63) is 53.1 Å². The molecule has 0 radical (unpaired) electrons. The fraction of sp³-hybridized carbons (Fsp3) is 0.308. The molecule has 0 aliphatic heterocycles. The molecule has 1 aromatic heterocycles. The molecule has 1 heterocycles. The van der Waals surface area contributed by atoms with Crippen molar-refractivity contribution in [2.75, 3.05) is 0 Å². The lowest BCUT2D eigenvalue weighted by molar-refractivity contribution is 0.423. The Morgan fingerprint density at radius 2 is 2.06 bits per heavy atom. The molecule has 0 saturated heterocycles. The molecule has 0 saturated carbocycles. The molecule has 0 spiro atoms. The van der Waals surface area contributed by atoms with Gasteiger partial charge in [-0.05, 0) is 24.1 Å². The molecule has 96 valence electrons. The van der Waals surface area contributed by atoms with Crippen LogP contribution in [0, 0.1) is 5.82 Å². The quantitative estimate of drug-likeness (QED) is 0.925. The van der Waals surface area contributed by atoms with E-state index in [0.717, 1.165) is 12.0 Å². The second kappa shape index (κ2) is 5.50. The van der Waals surface area contributed by atoms with Gasteiger partial charge in [0.15, 0.2) is 0 Å². The van der Waals surface area contributed by atoms with Gasteiger partial charge in [-0.25, -0.2) is 4.39 Å². The minimum Gasteiger partial charge on any atom is -0.326 e. The van der Waals surface area contributed by atoms with Crippen LogP contribution in [0.1, 0.15) is 24.9 Å². The van der Waals surface area contributed by atoms with Gasteiger partial charge in [0.25, 0.3) is 0 Å². The Bertz CT molecular complexity index is 509. The third-order valence-electron chi connectivity index (χ3n) is 2.94. The Balaban J connectivity index is 2.39. The lowest BCUT2D eigenvalue weighted by Gasteiger charge is -2.23. The first kappa shape index (κ1) is 13.1. The predicted octanol–water partition coefficient (Wildman–Crippen LogP) is 3.00. The number of rotatable bonds is 4. The van der Waals surface area contributed by atoms with E-state index in [1.165, 1.54) is 12.1 Å². The van der Waals surface area contributed by atoms with E-state index in [1.54, 1.807) is 29.2 Å². The molecule has 0 amide bonds. The maximum Gasteiger partial charge on any atom is 0.123 e. The summed E-state index contributed by atoms with van der Waals surface area (Å²) in [5.74, 6) is -0.263. The second-order valence-corrected chi connectivity index (χ2v) is 4.64. The molecule has 2 aromatic rings. The summed E-state index contributed by atoms with van der Waals surface area (Å²) in [5.41, 5.74) is 7.05. The number of benzene rings is 1. The van der Waals surface area contributed by atoms with E-state index in [2.05, 4.69) is 5.10 Å². The van der Waals surface area contributed by atoms with Gasteiger partial charge in [-0.1, -0.05) is 30.7 Å². The number of hydrogen-bond acceptors (Lipinski definition) is 2. The van der Waals surface area contributed by atoms with Crippen molar-refractivity contribution in [3.8, 4) is 0 Å². The Hall–Kier alpha value is -1.39. The summed E-state index contributed by atoms with van der Waals surface area (Å²) < 4.78 is 14.7. The van der Waals surface area contributed by atoms with Gasteiger partial charge in [-0.2, -0.15) is 5.10 Å². The Morgan fingerprint density at radius 3 is 2.56 bits per heavy atom. The van der Waals surface area contributed by atoms with Gasteiger partial charge in [-0.15, -0.1) is 0 Å². The largest absolute Gasteiger partial charge is 0.326 e. The Morgan fingerprint density at radius 1 is 1.39 bits per heavy atom. The van der Waals surface area contributed by atoms with Crippen molar-refractivity contribution >= 4 is 11.6 Å². The molecule has 2 N–H and O–H groups in total. The normalized spacial score (nSPS) is 14.4. The first-order chi connectivity index (χ1) is 8.61. The summed E-state index contributed by atoms with van der Waals surface area (Å²) >= 11 is 5.88. The van der Waals surface area contributed by atoms with Crippen LogP contribution in [0.4, 0.5) is 4.39 Å². The molecular formula is C13H15ClFN3. The minimum absolute atomic E-state index is 0.105. The lowest BCUT2D eigenvalue weighted by atomic mass is 9.98. The molecular weight excluding hydrogens is 253 g/mol. The van der Waals surface area contributed by atoms with Crippen LogP contribution in [0.25, 0.3) is 0 Å². The topological polar surface area (TPSA) is 43.8 Å². The van der Waals surface area contributed by atoms with E-state index >= 15 is 0 Å². The summed E-state index contributed by atoms with van der Waals surface area (Å²) in [7, 11) is 0. The van der Waals surface area contributed by atoms with Crippen LogP contribution in [-0.2, 0) is 0 Å². The third-order valence-corrected chi connectivity index (χ3v) is 3.14.